The van der Waals surface area contributed by atoms with Gasteiger partial charge in [0.25, 0.3) is 0 Å². The second kappa shape index (κ2) is 4.11. The molecular weight excluding hydrogens is 248 g/mol. The van der Waals surface area contributed by atoms with Gasteiger partial charge >= 0.3 is 7.12 Å². The maximum atomic E-state index is 6.31. The van der Waals surface area contributed by atoms with Crippen molar-refractivity contribution in [2.45, 2.75) is 64.6 Å². The van der Waals surface area contributed by atoms with E-state index in [-0.39, 0.29) is 24.8 Å². The van der Waals surface area contributed by atoms with Gasteiger partial charge in [-0.05, 0) is 55.2 Å². The fourth-order valence-electron chi connectivity index (χ4n) is 4.39. The molecule has 1 N–H and O–H groups in total. The van der Waals surface area contributed by atoms with Crippen molar-refractivity contribution in [3.05, 3.63) is 0 Å². The maximum absolute atomic E-state index is 6.31. The van der Waals surface area contributed by atoms with E-state index >= 15 is 0 Å². The zero-order chi connectivity index (χ0) is 13.1. The minimum absolute atomic E-state index is 0.0782. The Morgan fingerprint density at radius 1 is 1.39 bits per heavy atom. The number of hydrogen-bond acceptors (Lipinski definition) is 3. The molecule has 0 aromatic rings. The average Bonchev–Trinajstić information content (AvgIpc) is 2.66. The summed E-state index contributed by atoms with van der Waals surface area (Å²) in [6, 6.07) is 0. The first-order chi connectivity index (χ1) is 8.43. The fraction of sp³-hybridized carbons (Fsp3) is 1.00. The molecule has 5 atom stereocenters. The third-order valence-electron chi connectivity index (χ3n) is 5.88. The Hall–Kier alpha value is 0.235. The number of hydrogen-bond donors (Lipinski definition) is 1. The van der Waals surface area contributed by atoms with Crippen molar-refractivity contribution >= 4 is 18.9 Å². The third-order valence-corrected chi connectivity index (χ3v) is 6.16. The molecule has 1 saturated heterocycles. The van der Waals surface area contributed by atoms with Crippen molar-refractivity contribution in [2.24, 2.45) is 17.3 Å². The van der Waals surface area contributed by atoms with Crippen molar-refractivity contribution in [1.29, 1.82) is 0 Å². The lowest BCUT2D eigenvalue weighted by atomic mass is 9.43. The fourth-order valence-corrected chi connectivity index (χ4v) is 4.65. The van der Waals surface area contributed by atoms with Crippen LogP contribution in [-0.4, -0.2) is 24.8 Å². The Balaban J connectivity index is 1.80. The second-order valence-corrected chi connectivity index (χ2v) is 7.18. The lowest BCUT2D eigenvalue weighted by molar-refractivity contribution is -0.199. The topological polar surface area (TPSA) is 30.5 Å². The lowest BCUT2D eigenvalue weighted by Gasteiger charge is -2.64. The molecule has 2 bridgehead atoms. The van der Waals surface area contributed by atoms with Gasteiger partial charge in [-0.1, -0.05) is 20.8 Å². The molecule has 3 nitrogen and oxygen atoms in total. The van der Waals surface area contributed by atoms with Gasteiger partial charge in [0.1, 0.15) is 0 Å². The van der Waals surface area contributed by atoms with E-state index < -0.39 is 0 Å². The highest BCUT2D eigenvalue weighted by atomic mass is 35.5. The monoisotopic (exact) mass is 271 g/mol. The molecule has 0 aromatic carbocycles. The summed E-state index contributed by atoms with van der Waals surface area (Å²) >= 11 is 5.78. The molecule has 3 saturated carbocycles. The molecule has 3 aliphatic carbocycles. The van der Waals surface area contributed by atoms with Crippen molar-refractivity contribution in [3.8, 4) is 0 Å². The molecule has 1 aliphatic heterocycles. The molecule has 4 aliphatic rings. The second-order valence-electron chi connectivity index (χ2n) is 6.96. The quantitative estimate of drug-likeness (QED) is 0.632. The van der Waals surface area contributed by atoms with Crippen LogP contribution < -0.4 is 4.84 Å². The highest BCUT2D eigenvalue weighted by molar-refractivity contribution is 6.48. The van der Waals surface area contributed by atoms with E-state index in [0.717, 1.165) is 18.8 Å². The van der Waals surface area contributed by atoms with Gasteiger partial charge in [-0.25, -0.2) is 4.84 Å². The normalized spacial score (nSPS) is 46.5. The smallest absolute Gasteiger partial charge is 0.404 e. The highest BCUT2D eigenvalue weighted by Crippen LogP contribution is 2.65. The van der Waals surface area contributed by atoms with Crippen LogP contribution in [0.2, 0.25) is 0 Å². The summed E-state index contributed by atoms with van der Waals surface area (Å²) in [5, 5.41) is 0. The van der Waals surface area contributed by atoms with E-state index in [9.17, 15) is 0 Å². The van der Waals surface area contributed by atoms with Gasteiger partial charge in [-0.15, -0.1) is 0 Å². The minimum atomic E-state index is -0.197. The van der Waals surface area contributed by atoms with Gasteiger partial charge < -0.3 is 9.31 Å². The molecule has 4 rings (SSSR count). The Morgan fingerprint density at radius 3 is 2.67 bits per heavy atom. The Morgan fingerprint density at radius 2 is 2.11 bits per heavy atom. The maximum Gasteiger partial charge on any atom is 0.477 e. The standard InChI is InChI=1S/C13H23BClNO2/c1-5-11(16-15)14-17-10-7-8-6-9(12(8,2)3)13(10,4)18-14/h8-11,16H,5-7H2,1-4H3/t8?,9?,10?,11-,13-/m0/s1. The summed E-state index contributed by atoms with van der Waals surface area (Å²) in [5.41, 5.74) is 0.281. The summed E-state index contributed by atoms with van der Waals surface area (Å²) in [6.07, 6.45) is 3.59. The highest BCUT2D eigenvalue weighted by Gasteiger charge is 2.68. The Kier molecular flexibility index (Phi) is 3.02. The van der Waals surface area contributed by atoms with Crippen LogP contribution in [0.4, 0.5) is 0 Å². The van der Waals surface area contributed by atoms with Crippen LogP contribution in [0.1, 0.15) is 47.0 Å². The van der Waals surface area contributed by atoms with Gasteiger partial charge in [-0.3, -0.25) is 0 Å². The van der Waals surface area contributed by atoms with Gasteiger partial charge in [-0.2, -0.15) is 0 Å². The van der Waals surface area contributed by atoms with Gasteiger partial charge in [0.05, 0.1) is 17.6 Å². The summed E-state index contributed by atoms with van der Waals surface area (Å²) in [6.45, 7) is 9.09. The zero-order valence-electron chi connectivity index (χ0n) is 11.7. The molecular formula is C13H23BClNO2. The van der Waals surface area contributed by atoms with E-state index in [4.69, 9.17) is 21.1 Å². The van der Waals surface area contributed by atoms with Crippen LogP contribution >= 0.6 is 11.8 Å². The molecule has 0 radical (unpaired) electrons. The van der Waals surface area contributed by atoms with Crippen molar-refractivity contribution < 1.29 is 9.31 Å². The van der Waals surface area contributed by atoms with Crippen LogP contribution in [0, 0.1) is 17.3 Å². The van der Waals surface area contributed by atoms with E-state index in [2.05, 4.69) is 32.5 Å². The average molecular weight is 272 g/mol. The first kappa shape index (κ1) is 13.2. The summed E-state index contributed by atoms with van der Waals surface area (Å²) < 4.78 is 12.5. The van der Waals surface area contributed by atoms with E-state index in [1.54, 1.807) is 0 Å². The Bertz CT molecular complexity index is 350. The zero-order valence-corrected chi connectivity index (χ0v) is 12.5. The van der Waals surface area contributed by atoms with Crippen LogP contribution in [0.5, 0.6) is 0 Å². The van der Waals surface area contributed by atoms with Crippen LogP contribution in [0.3, 0.4) is 0 Å². The molecule has 0 spiro atoms. The summed E-state index contributed by atoms with van der Waals surface area (Å²) in [7, 11) is -0.197. The van der Waals surface area contributed by atoms with Crippen LogP contribution in [0.15, 0.2) is 0 Å². The van der Waals surface area contributed by atoms with Gasteiger partial charge in [0.15, 0.2) is 0 Å². The van der Waals surface area contributed by atoms with Gasteiger partial charge in [0, 0.05) is 0 Å². The number of halogens is 1. The molecule has 3 unspecified atom stereocenters. The molecule has 4 fully saturated rings. The van der Waals surface area contributed by atoms with Crippen LogP contribution in [0.25, 0.3) is 0 Å². The molecule has 5 heteroatoms. The predicted molar refractivity (Wildman–Crippen MR) is 73.2 cm³/mol. The van der Waals surface area contributed by atoms with E-state index in [1.165, 1.54) is 6.42 Å². The molecule has 1 heterocycles. The molecule has 0 aromatic heterocycles. The Labute approximate surface area is 115 Å². The lowest BCUT2D eigenvalue weighted by Crippen LogP contribution is -2.65. The first-order valence-electron chi connectivity index (χ1n) is 7.13. The van der Waals surface area contributed by atoms with Crippen molar-refractivity contribution in [2.75, 3.05) is 0 Å². The van der Waals surface area contributed by atoms with Crippen molar-refractivity contribution in [1.82, 2.24) is 4.84 Å². The first-order valence-corrected chi connectivity index (χ1v) is 7.50. The van der Waals surface area contributed by atoms with Gasteiger partial charge in [0.2, 0.25) is 0 Å². The largest absolute Gasteiger partial charge is 0.477 e. The summed E-state index contributed by atoms with van der Waals surface area (Å²) in [5.74, 6) is 1.49. The number of rotatable bonds is 3. The van der Waals surface area contributed by atoms with E-state index in [1.807, 2.05) is 0 Å². The molecule has 18 heavy (non-hydrogen) atoms. The molecule has 102 valence electrons. The van der Waals surface area contributed by atoms with Crippen molar-refractivity contribution in [3.63, 3.8) is 0 Å². The third kappa shape index (κ3) is 1.55. The summed E-state index contributed by atoms with van der Waals surface area (Å²) in [4.78, 5) is 2.79. The molecule has 0 amide bonds. The van der Waals surface area contributed by atoms with E-state index in [0.29, 0.717) is 11.3 Å². The number of nitrogens with one attached hydrogen (secondary N) is 1. The SMILES string of the molecule is CC[C@H](NCl)B1OC2CC3CC(C3(C)C)[C@]2(C)O1. The minimum Gasteiger partial charge on any atom is -0.404 e. The van der Waals surface area contributed by atoms with Crippen LogP contribution in [-0.2, 0) is 9.31 Å². The predicted octanol–water partition coefficient (Wildman–Crippen LogP) is 2.78.